The van der Waals surface area contributed by atoms with Gasteiger partial charge in [0.25, 0.3) is 0 Å². The topological polar surface area (TPSA) is 82.1 Å². The maximum atomic E-state index is 3.86. The molecule has 68 valence electrons. The number of imidazole rings is 2. The van der Waals surface area contributed by atoms with Crippen molar-refractivity contribution in [2.75, 3.05) is 0 Å². The fourth-order valence-electron chi connectivity index (χ4n) is 0.718. The molecule has 2 aromatic heterocycles. The summed E-state index contributed by atoms with van der Waals surface area (Å²) < 4.78 is 0. The van der Waals surface area contributed by atoms with Gasteiger partial charge in [-0.1, -0.05) is 0 Å². The van der Waals surface area contributed by atoms with Crippen LogP contribution in [0.2, 0.25) is 0 Å². The molecule has 13 heavy (non-hydrogen) atoms. The number of azo groups is 1. The van der Waals surface area contributed by atoms with Crippen LogP contribution in [0.15, 0.2) is 35.0 Å². The van der Waals surface area contributed by atoms with Gasteiger partial charge in [-0.05, 0) is 0 Å². The average Bonchev–Trinajstić information content (AvgIpc) is 2.74. The molecule has 7 heteroatoms. The molecular formula is C6H7ClN6. The van der Waals surface area contributed by atoms with E-state index in [9.17, 15) is 0 Å². The van der Waals surface area contributed by atoms with Gasteiger partial charge < -0.3 is 9.97 Å². The highest BCUT2D eigenvalue weighted by Gasteiger charge is 1.90. The molecule has 0 fully saturated rings. The van der Waals surface area contributed by atoms with Crippen molar-refractivity contribution in [2.45, 2.75) is 0 Å². The third kappa shape index (κ3) is 2.38. The van der Waals surface area contributed by atoms with E-state index < -0.39 is 0 Å². The minimum Gasteiger partial charge on any atom is -0.328 e. The van der Waals surface area contributed by atoms with Crippen molar-refractivity contribution in [3.8, 4) is 0 Å². The minimum absolute atomic E-state index is 0. The SMILES string of the molecule is Cl.c1c[nH]c(N=Nc2ncc[nH]2)n1. The molecular weight excluding hydrogens is 192 g/mol. The van der Waals surface area contributed by atoms with Gasteiger partial charge in [0.2, 0.25) is 11.9 Å². The van der Waals surface area contributed by atoms with E-state index in [0.717, 1.165) is 0 Å². The molecule has 0 aliphatic rings. The van der Waals surface area contributed by atoms with Crippen molar-refractivity contribution in [2.24, 2.45) is 10.2 Å². The number of nitrogens with zero attached hydrogens (tertiary/aromatic N) is 4. The zero-order chi connectivity index (χ0) is 8.23. The quantitative estimate of drug-likeness (QED) is 0.724. The van der Waals surface area contributed by atoms with Crippen LogP contribution in [0.5, 0.6) is 0 Å². The monoisotopic (exact) mass is 198 g/mol. The number of nitrogens with one attached hydrogen (secondary N) is 2. The molecule has 6 nitrogen and oxygen atoms in total. The largest absolute Gasteiger partial charge is 0.328 e. The first-order valence-electron chi connectivity index (χ1n) is 3.35. The Labute approximate surface area is 79.9 Å². The normalized spacial score (nSPS) is 10.2. The summed E-state index contributed by atoms with van der Waals surface area (Å²) in [6.45, 7) is 0. The Morgan fingerprint density at radius 1 is 0.923 bits per heavy atom. The first-order chi connectivity index (χ1) is 5.95. The summed E-state index contributed by atoms with van der Waals surface area (Å²) >= 11 is 0. The van der Waals surface area contributed by atoms with E-state index >= 15 is 0 Å². The smallest absolute Gasteiger partial charge is 0.246 e. The molecule has 2 N–H and O–H groups in total. The first kappa shape index (κ1) is 9.40. The Hall–Kier alpha value is -1.69. The molecule has 0 aliphatic heterocycles. The summed E-state index contributed by atoms with van der Waals surface area (Å²) in [6.07, 6.45) is 6.57. The van der Waals surface area contributed by atoms with Crippen molar-refractivity contribution in [3.05, 3.63) is 24.8 Å². The van der Waals surface area contributed by atoms with Gasteiger partial charge in [-0.2, -0.15) is 0 Å². The molecule has 0 aliphatic carbocycles. The lowest BCUT2D eigenvalue weighted by Gasteiger charge is -1.80. The zero-order valence-electron chi connectivity index (χ0n) is 6.51. The van der Waals surface area contributed by atoms with Crippen molar-refractivity contribution in [1.82, 2.24) is 19.9 Å². The highest BCUT2D eigenvalue weighted by molar-refractivity contribution is 5.85. The van der Waals surface area contributed by atoms with E-state index in [1.54, 1.807) is 24.8 Å². The van der Waals surface area contributed by atoms with Crippen LogP contribution in [0.4, 0.5) is 11.9 Å². The summed E-state index contributed by atoms with van der Waals surface area (Å²) in [5.41, 5.74) is 0. The summed E-state index contributed by atoms with van der Waals surface area (Å²) in [5, 5.41) is 7.55. The highest BCUT2D eigenvalue weighted by atomic mass is 35.5. The van der Waals surface area contributed by atoms with Crippen molar-refractivity contribution in [3.63, 3.8) is 0 Å². The summed E-state index contributed by atoms with van der Waals surface area (Å²) in [5.74, 6) is 0.929. The summed E-state index contributed by atoms with van der Waals surface area (Å²) in [7, 11) is 0. The predicted octanol–water partition coefficient (Wildman–Crippen LogP) is 1.97. The van der Waals surface area contributed by atoms with Crippen molar-refractivity contribution in [1.29, 1.82) is 0 Å². The second-order valence-corrected chi connectivity index (χ2v) is 2.03. The standard InChI is InChI=1S/C6H6N6.ClH/c1-2-8-5(7-1)11-12-6-9-3-4-10-6;/h1-4H,(H,7,8)(H,9,10);1H. The summed E-state index contributed by atoms with van der Waals surface area (Å²) in [6, 6.07) is 0. The van der Waals surface area contributed by atoms with Crippen LogP contribution < -0.4 is 0 Å². The lowest BCUT2D eigenvalue weighted by atomic mass is 11.0. The maximum absolute atomic E-state index is 3.86. The molecule has 0 aromatic carbocycles. The number of H-pyrrole nitrogens is 2. The Balaban J connectivity index is 0.000000845. The molecule has 0 spiro atoms. The van der Waals surface area contributed by atoms with Gasteiger partial charge in [0.1, 0.15) is 0 Å². The Morgan fingerprint density at radius 2 is 1.38 bits per heavy atom. The third-order valence-electron chi connectivity index (χ3n) is 1.21. The van der Waals surface area contributed by atoms with Gasteiger partial charge in [-0.25, -0.2) is 9.97 Å². The molecule has 2 heterocycles. The second-order valence-electron chi connectivity index (χ2n) is 2.03. The zero-order valence-corrected chi connectivity index (χ0v) is 7.32. The number of hydrogen-bond acceptors (Lipinski definition) is 4. The highest BCUT2D eigenvalue weighted by Crippen LogP contribution is 2.07. The van der Waals surface area contributed by atoms with Crippen LogP contribution in [-0.2, 0) is 0 Å². The molecule has 0 radical (unpaired) electrons. The van der Waals surface area contributed by atoms with Crippen LogP contribution in [0.25, 0.3) is 0 Å². The van der Waals surface area contributed by atoms with E-state index in [2.05, 4.69) is 30.2 Å². The average molecular weight is 199 g/mol. The lowest BCUT2D eigenvalue weighted by molar-refractivity contribution is 1.07. The van der Waals surface area contributed by atoms with Crippen molar-refractivity contribution < 1.29 is 0 Å². The molecule has 0 amide bonds. The number of aromatic nitrogens is 4. The maximum Gasteiger partial charge on any atom is 0.246 e. The molecule has 0 unspecified atom stereocenters. The fraction of sp³-hybridized carbons (Fsp3) is 0. The van der Waals surface area contributed by atoms with Crippen LogP contribution in [-0.4, -0.2) is 19.9 Å². The summed E-state index contributed by atoms with van der Waals surface area (Å²) in [4.78, 5) is 13.3. The third-order valence-corrected chi connectivity index (χ3v) is 1.21. The molecule has 2 rings (SSSR count). The molecule has 2 aromatic rings. The predicted molar refractivity (Wildman–Crippen MR) is 48.6 cm³/mol. The van der Waals surface area contributed by atoms with Gasteiger partial charge in [-0.15, -0.1) is 22.6 Å². The van der Waals surface area contributed by atoms with Crippen LogP contribution in [0, 0.1) is 0 Å². The van der Waals surface area contributed by atoms with E-state index in [1.807, 2.05) is 0 Å². The van der Waals surface area contributed by atoms with Crippen LogP contribution >= 0.6 is 12.4 Å². The number of hydrogen-bond donors (Lipinski definition) is 2. The fourth-order valence-corrected chi connectivity index (χ4v) is 0.718. The Bertz CT molecular complexity index is 314. The van der Waals surface area contributed by atoms with E-state index in [4.69, 9.17) is 0 Å². The Morgan fingerprint density at radius 3 is 1.69 bits per heavy atom. The molecule has 0 saturated heterocycles. The van der Waals surface area contributed by atoms with Gasteiger partial charge in [-0.3, -0.25) is 0 Å². The van der Waals surface area contributed by atoms with Crippen LogP contribution in [0.1, 0.15) is 0 Å². The van der Waals surface area contributed by atoms with Crippen LogP contribution in [0.3, 0.4) is 0 Å². The Kier molecular flexibility index (Phi) is 3.15. The number of rotatable bonds is 2. The molecule has 0 saturated carbocycles. The van der Waals surface area contributed by atoms with E-state index in [0.29, 0.717) is 11.9 Å². The van der Waals surface area contributed by atoms with E-state index in [-0.39, 0.29) is 12.4 Å². The number of halogens is 1. The van der Waals surface area contributed by atoms with Gasteiger partial charge in [0.15, 0.2) is 0 Å². The molecule has 0 bridgehead atoms. The first-order valence-corrected chi connectivity index (χ1v) is 3.35. The van der Waals surface area contributed by atoms with Gasteiger partial charge in [0, 0.05) is 24.8 Å². The van der Waals surface area contributed by atoms with Gasteiger partial charge >= 0.3 is 0 Å². The molecule has 0 atom stereocenters. The second kappa shape index (κ2) is 4.36. The van der Waals surface area contributed by atoms with Crippen molar-refractivity contribution >= 4 is 24.3 Å². The minimum atomic E-state index is 0. The van der Waals surface area contributed by atoms with Gasteiger partial charge in [0.05, 0.1) is 0 Å². The number of aromatic amines is 2. The lowest BCUT2D eigenvalue weighted by Crippen LogP contribution is -1.66. The van der Waals surface area contributed by atoms with E-state index in [1.165, 1.54) is 0 Å².